The molecule has 0 saturated heterocycles. The van der Waals surface area contributed by atoms with E-state index in [1.807, 2.05) is 11.3 Å². The quantitative estimate of drug-likeness (QED) is 0.755. The van der Waals surface area contributed by atoms with E-state index in [1.165, 1.54) is 22.2 Å². The first-order chi connectivity index (χ1) is 9.92. The van der Waals surface area contributed by atoms with Gasteiger partial charge in [0, 0.05) is 28.4 Å². The van der Waals surface area contributed by atoms with Gasteiger partial charge in [-0.15, -0.1) is 11.3 Å². The zero-order valence-electron chi connectivity index (χ0n) is 13.7. The molecule has 1 N–H and O–H groups in total. The van der Waals surface area contributed by atoms with E-state index in [0.717, 1.165) is 25.9 Å². The van der Waals surface area contributed by atoms with Crippen LogP contribution in [0.25, 0.3) is 0 Å². The normalized spacial score (nSPS) is 22.1. The van der Waals surface area contributed by atoms with Crippen molar-refractivity contribution in [2.75, 3.05) is 13.7 Å². The van der Waals surface area contributed by atoms with Crippen molar-refractivity contribution in [3.63, 3.8) is 0 Å². The van der Waals surface area contributed by atoms with Crippen molar-refractivity contribution in [2.45, 2.75) is 64.5 Å². The van der Waals surface area contributed by atoms with E-state index < -0.39 is 0 Å². The summed E-state index contributed by atoms with van der Waals surface area (Å²) in [5.74, 6) is 0. The van der Waals surface area contributed by atoms with E-state index in [-0.39, 0.29) is 5.60 Å². The van der Waals surface area contributed by atoms with Crippen LogP contribution in [0.1, 0.15) is 51.3 Å². The Kier molecular flexibility index (Phi) is 5.91. The summed E-state index contributed by atoms with van der Waals surface area (Å²) in [7, 11) is 2.08. The van der Waals surface area contributed by atoms with Crippen molar-refractivity contribution >= 4 is 27.3 Å². The minimum absolute atomic E-state index is 0.0115. The average molecular weight is 374 g/mol. The summed E-state index contributed by atoms with van der Waals surface area (Å²) in [5, 5.41) is 5.71. The molecule has 2 rings (SSSR count). The summed E-state index contributed by atoms with van der Waals surface area (Å²) in [6, 6.07) is 2.52. The van der Waals surface area contributed by atoms with Crippen LogP contribution in [0.15, 0.2) is 15.9 Å². The summed E-state index contributed by atoms with van der Waals surface area (Å²) in [6.45, 7) is 7.68. The van der Waals surface area contributed by atoms with Crippen molar-refractivity contribution in [1.29, 1.82) is 0 Å². The number of hydrogen-bond acceptors (Lipinski definition) is 3. The molecule has 1 aromatic rings. The van der Waals surface area contributed by atoms with Crippen LogP contribution in [0, 0.1) is 5.41 Å². The van der Waals surface area contributed by atoms with Gasteiger partial charge in [-0.3, -0.25) is 0 Å². The number of nitrogens with one attached hydrogen (secondary N) is 1. The van der Waals surface area contributed by atoms with Gasteiger partial charge in [0.25, 0.3) is 0 Å². The lowest BCUT2D eigenvalue weighted by atomic mass is 9.68. The van der Waals surface area contributed by atoms with Gasteiger partial charge in [-0.05, 0) is 72.4 Å². The first kappa shape index (κ1) is 17.5. The lowest BCUT2D eigenvalue weighted by Crippen LogP contribution is -2.55. The topological polar surface area (TPSA) is 21.3 Å². The Morgan fingerprint density at radius 2 is 2.00 bits per heavy atom. The first-order valence-corrected chi connectivity index (χ1v) is 9.63. The Morgan fingerprint density at radius 1 is 1.33 bits per heavy atom. The van der Waals surface area contributed by atoms with E-state index >= 15 is 0 Å². The number of likely N-dealkylation sites (N-methyl/N-ethyl adjacent to an activating group) is 1. The summed E-state index contributed by atoms with van der Waals surface area (Å²) < 4.78 is 7.56. The Bertz CT molecular complexity index is 447. The number of rotatable bonds is 6. The Balaban J connectivity index is 2.17. The van der Waals surface area contributed by atoms with Crippen LogP contribution in [-0.2, 0) is 11.2 Å². The van der Waals surface area contributed by atoms with Gasteiger partial charge in [0.15, 0.2) is 0 Å². The molecule has 1 heterocycles. The van der Waals surface area contributed by atoms with Crippen LogP contribution in [-0.4, -0.2) is 25.3 Å². The lowest BCUT2D eigenvalue weighted by molar-refractivity contribution is -0.105. The summed E-state index contributed by atoms with van der Waals surface area (Å²) in [4.78, 5) is 1.42. The SMILES string of the molecule is CCOC1(C(Cc2sccc2Br)NC)CCC(C)(C)CC1. The Hall–Kier alpha value is 0.1000. The molecule has 1 saturated carbocycles. The summed E-state index contributed by atoms with van der Waals surface area (Å²) in [6.07, 6.45) is 5.84. The van der Waals surface area contributed by atoms with Gasteiger partial charge in [-0.25, -0.2) is 0 Å². The molecule has 4 heteroatoms. The van der Waals surface area contributed by atoms with E-state index in [1.54, 1.807) is 0 Å². The average Bonchev–Trinajstić information content (AvgIpc) is 2.84. The fourth-order valence-electron chi connectivity index (χ4n) is 3.44. The molecule has 1 aliphatic rings. The molecule has 1 unspecified atom stereocenters. The van der Waals surface area contributed by atoms with Crippen molar-refractivity contribution < 1.29 is 4.74 Å². The molecule has 21 heavy (non-hydrogen) atoms. The smallest absolute Gasteiger partial charge is 0.0838 e. The summed E-state index contributed by atoms with van der Waals surface area (Å²) >= 11 is 5.50. The molecule has 0 bridgehead atoms. The Labute approximate surface area is 141 Å². The molecule has 120 valence electrons. The number of ether oxygens (including phenoxy) is 1. The zero-order chi connectivity index (χ0) is 15.5. The second kappa shape index (κ2) is 7.12. The van der Waals surface area contributed by atoms with Crippen LogP contribution >= 0.6 is 27.3 Å². The Morgan fingerprint density at radius 3 is 2.48 bits per heavy atom. The molecule has 0 spiro atoms. The third-order valence-corrected chi connectivity index (χ3v) is 6.89. The van der Waals surface area contributed by atoms with E-state index in [4.69, 9.17) is 4.74 Å². The van der Waals surface area contributed by atoms with E-state index in [2.05, 4.69) is 60.5 Å². The third-order valence-electron chi connectivity index (χ3n) is 4.95. The van der Waals surface area contributed by atoms with Crippen molar-refractivity contribution in [2.24, 2.45) is 5.41 Å². The second-order valence-electron chi connectivity index (χ2n) is 6.90. The molecule has 0 radical (unpaired) electrons. The minimum Gasteiger partial charge on any atom is -0.374 e. The molecule has 1 aromatic heterocycles. The first-order valence-electron chi connectivity index (χ1n) is 7.95. The van der Waals surface area contributed by atoms with Crippen molar-refractivity contribution in [3.8, 4) is 0 Å². The van der Waals surface area contributed by atoms with Crippen molar-refractivity contribution in [3.05, 3.63) is 20.8 Å². The van der Waals surface area contributed by atoms with Gasteiger partial charge >= 0.3 is 0 Å². The maximum atomic E-state index is 6.33. The third kappa shape index (κ3) is 4.10. The zero-order valence-corrected chi connectivity index (χ0v) is 16.1. The van der Waals surface area contributed by atoms with E-state index in [9.17, 15) is 0 Å². The molecule has 1 fully saturated rings. The molecule has 2 nitrogen and oxygen atoms in total. The molecular formula is C17H28BrNOS. The highest BCUT2D eigenvalue weighted by Gasteiger charge is 2.44. The largest absolute Gasteiger partial charge is 0.374 e. The molecule has 1 atom stereocenters. The molecule has 1 aliphatic carbocycles. The maximum Gasteiger partial charge on any atom is 0.0838 e. The molecule has 0 amide bonds. The van der Waals surface area contributed by atoms with Gasteiger partial charge in [-0.2, -0.15) is 0 Å². The number of halogens is 1. The highest BCUT2D eigenvalue weighted by Crippen LogP contribution is 2.44. The second-order valence-corrected chi connectivity index (χ2v) is 8.75. The monoisotopic (exact) mass is 373 g/mol. The predicted octanol–water partition coefficient (Wildman–Crippen LogP) is 5.02. The molecule has 0 aliphatic heterocycles. The highest BCUT2D eigenvalue weighted by atomic mass is 79.9. The highest BCUT2D eigenvalue weighted by molar-refractivity contribution is 9.10. The van der Waals surface area contributed by atoms with Gasteiger partial charge in [0.1, 0.15) is 0 Å². The fraction of sp³-hybridized carbons (Fsp3) is 0.765. The number of hydrogen-bond donors (Lipinski definition) is 1. The molecular weight excluding hydrogens is 346 g/mol. The fourth-order valence-corrected chi connectivity index (χ4v) is 5.00. The van der Waals surface area contributed by atoms with Crippen LogP contribution in [0.4, 0.5) is 0 Å². The van der Waals surface area contributed by atoms with Crippen LogP contribution in [0.2, 0.25) is 0 Å². The van der Waals surface area contributed by atoms with Gasteiger partial charge in [-0.1, -0.05) is 13.8 Å². The van der Waals surface area contributed by atoms with Crippen LogP contribution in [0.3, 0.4) is 0 Å². The predicted molar refractivity (Wildman–Crippen MR) is 95.2 cm³/mol. The maximum absolute atomic E-state index is 6.33. The van der Waals surface area contributed by atoms with Crippen LogP contribution in [0.5, 0.6) is 0 Å². The number of thiophene rings is 1. The van der Waals surface area contributed by atoms with Gasteiger partial charge in [0.05, 0.1) is 5.60 Å². The van der Waals surface area contributed by atoms with Crippen molar-refractivity contribution in [1.82, 2.24) is 5.32 Å². The van der Waals surface area contributed by atoms with Gasteiger partial charge in [0.2, 0.25) is 0 Å². The van der Waals surface area contributed by atoms with Crippen LogP contribution < -0.4 is 5.32 Å². The molecule has 0 aromatic carbocycles. The van der Waals surface area contributed by atoms with Gasteiger partial charge < -0.3 is 10.1 Å². The minimum atomic E-state index is -0.0115. The standard InChI is InChI=1S/C17H28BrNOS/c1-5-20-17(9-7-16(2,3)8-10-17)15(19-4)12-14-13(18)6-11-21-14/h6,11,15,19H,5,7-10,12H2,1-4H3. The summed E-state index contributed by atoms with van der Waals surface area (Å²) in [5.41, 5.74) is 0.449. The van der Waals surface area contributed by atoms with E-state index in [0.29, 0.717) is 11.5 Å². The lowest BCUT2D eigenvalue weighted by Gasteiger charge is -2.47.